The fraction of sp³-hybridized carbons (Fsp3) is 1.00. The lowest BCUT2D eigenvalue weighted by atomic mass is 9.68. The number of nitrogens with one attached hydrogen (secondary N) is 1. The molecule has 1 N–H and O–H groups in total. The summed E-state index contributed by atoms with van der Waals surface area (Å²) < 4.78 is 0. The predicted molar refractivity (Wildman–Crippen MR) is 91.7 cm³/mol. The molecule has 2 atom stereocenters. The molecule has 0 aromatic rings. The summed E-state index contributed by atoms with van der Waals surface area (Å²) in [5.74, 6) is 1.73. The van der Waals surface area contributed by atoms with Crippen LogP contribution in [0.2, 0.25) is 0 Å². The Labute approximate surface area is 132 Å². The van der Waals surface area contributed by atoms with Crippen molar-refractivity contribution in [2.24, 2.45) is 17.3 Å². The minimum Gasteiger partial charge on any atom is -0.316 e. The molecule has 1 heterocycles. The van der Waals surface area contributed by atoms with E-state index in [2.05, 4.69) is 50.1 Å². The molecule has 1 aliphatic heterocycles. The van der Waals surface area contributed by atoms with E-state index in [9.17, 15) is 0 Å². The zero-order valence-corrected chi connectivity index (χ0v) is 15.0. The van der Waals surface area contributed by atoms with E-state index >= 15 is 0 Å². The van der Waals surface area contributed by atoms with E-state index in [4.69, 9.17) is 0 Å². The maximum Gasteiger partial charge on any atom is 0.0156 e. The second-order valence-electron chi connectivity index (χ2n) is 8.38. The van der Waals surface area contributed by atoms with Gasteiger partial charge in [-0.05, 0) is 77.2 Å². The molecule has 0 spiro atoms. The van der Waals surface area contributed by atoms with Crippen molar-refractivity contribution in [2.75, 3.05) is 47.3 Å². The smallest absolute Gasteiger partial charge is 0.0156 e. The molecule has 2 aliphatic rings. The van der Waals surface area contributed by atoms with Gasteiger partial charge in [0.05, 0.1) is 0 Å². The Kier molecular flexibility index (Phi) is 6.10. The molecule has 2 unspecified atom stereocenters. The molecule has 1 saturated heterocycles. The van der Waals surface area contributed by atoms with E-state index in [-0.39, 0.29) is 0 Å². The first kappa shape index (κ1) is 17.2. The lowest BCUT2D eigenvalue weighted by molar-refractivity contribution is 0.0815. The van der Waals surface area contributed by atoms with Crippen molar-refractivity contribution in [1.29, 1.82) is 0 Å². The van der Waals surface area contributed by atoms with Gasteiger partial charge in [-0.25, -0.2) is 0 Å². The number of likely N-dealkylation sites (tertiary alicyclic amines) is 1. The second kappa shape index (κ2) is 7.43. The number of rotatable bonds is 5. The average Bonchev–Trinajstić information content (AvgIpc) is 2.40. The molecule has 3 nitrogen and oxygen atoms in total. The molecule has 124 valence electrons. The highest BCUT2D eigenvalue weighted by molar-refractivity contribution is 4.93. The summed E-state index contributed by atoms with van der Waals surface area (Å²) in [5, 5.41) is 3.63. The van der Waals surface area contributed by atoms with Crippen LogP contribution in [0.15, 0.2) is 0 Å². The van der Waals surface area contributed by atoms with Crippen molar-refractivity contribution < 1.29 is 0 Å². The molecular formula is C18H37N3. The summed E-state index contributed by atoms with van der Waals surface area (Å²) in [5.41, 5.74) is 0.450. The van der Waals surface area contributed by atoms with Gasteiger partial charge in [0.1, 0.15) is 0 Å². The van der Waals surface area contributed by atoms with Crippen molar-refractivity contribution in [3.63, 3.8) is 0 Å². The van der Waals surface area contributed by atoms with Crippen LogP contribution >= 0.6 is 0 Å². The van der Waals surface area contributed by atoms with Gasteiger partial charge in [0.15, 0.2) is 0 Å². The molecule has 2 rings (SSSR count). The molecular weight excluding hydrogens is 258 g/mol. The van der Waals surface area contributed by atoms with Gasteiger partial charge >= 0.3 is 0 Å². The number of hydrogen-bond acceptors (Lipinski definition) is 3. The highest BCUT2D eigenvalue weighted by atomic mass is 15.1. The third-order valence-electron chi connectivity index (χ3n) is 5.97. The fourth-order valence-electron chi connectivity index (χ4n) is 4.76. The van der Waals surface area contributed by atoms with E-state index in [0.717, 1.165) is 11.8 Å². The van der Waals surface area contributed by atoms with Crippen LogP contribution in [0, 0.1) is 17.3 Å². The summed E-state index contributed by atoms with van der Waals surface area (Å²) >= 11 is 0. The minimum atomic E-state index is 0.450. The molecule has 2 fully saturated rings. The van der Waals surface area contributed by atoms with E-state index in [0.29, 0.717) is 11.5 Å². The van der Waals surface area contributed by atoms with Crippen LogP contribution in [0.25, 0.3) is 0 Å². The van der Waals surface area contributed by atoms with Crippen LogP contribution in [0.4, 0.5) is 0 Å². The highest BCUT2D eigenvalue weighted by Crippen LogP contribution is 2.39. The van der Waals surface area contributed by atoms with Crippen LogP contribution < -0.4 is 5.32 Å². The molecule has 3 heteroatoms. The van der Waals surface area contributed by atoms with Crippen LogP contribution in [0.1, 0.15) is 46.0 Å². The Morgan fingerprint density at radius 2 is 1.81 bits per heavy atom. The predicted octanol–water partition coefficient (Wildman–Crippen LogP) is 2.67. The quantitative estimate of drug-likeness (QED) is 0.841. The van der Waals surface area contributed by atoms with E-state index < -0.39 is 0 Å². The molecule has 0 aromatic heterocycles. The number of hydrogen-bond donors (Lipinski definition) is 1. The van der Waals surface area contributed by atoms with E-state index in [1.807, 2.05) is 0 Å². The van der Waals surface area contributed by atoms with Crippen LogP contribution in [0.5, 0.6) is 0 Å². The summed E-state index contributed by atoms with van der Waals surface area (Å²) in [6, 6.07) is 0.672. The third-order valence-corrected chi connectivity index (χ3v) is 5.97. The van der Waals surface area contributed by atoms with Crippen LogP contribution in [-0.4, -0.2) is 63.2 Å². The van der Waals surface area contributed by atoms with Crippen molar-refractivity contribution >= 4 is 0 Å². The Balaban J connectivity index is 1.82. The summed E-state index contributed by atoms with van der Waals surface area (Å²) in [6.45, 7) is 10.0. The van der Waals surface area contributed by atoms with E-state index in [1.54, 1.807) is 0 Å². The normalized spacial score (nSPS) is 31.7. The van der Waals surface area contributed by atoms with Gasteiger partial charge in [0.25, 0.3) is 0 Å². The standard InChI is InChI=1S/C18H37N3/c1-18(2)10-6-7-16(17(18)19-3)14-21(5)13-15-8-11-20(4)12-9-15/h15-17,19H,6-14H2,1-5H3. The fourth-order valence-corrected chi connectivity index (χ4v) is 4.76. The third kappa shape index (κ3) is 4.67. The van der Waals surface area contributed by atoms with Gasteiger partial charge in [-0.2, -0.15) is 0 Å². The highest BCUT2D eigenvalue weighted by Gasteiger charge is 2.38. The Bertz CT molecular complexity index is 308. The van der Waals surface area contributed by atoms with Crippen LogP contribution in [0.3, 0.4) is 0 Å². The van der Waals surface area contributed by atoms with Gasteiger partial charge in [-0.1, -0.05) is 20.3 Å². The number of piperidine rings is 1. The maximum absolute atomic E-state index is 3.63. The first-order valence-corrected chi connectivity index (χ1v) is 8.96. The monoisotopic (exact) mass is 295 g/mol. The van der Waals surface area contributed by atoms with Crippen molar-refractivity contribution in [3.8, 4) is 0 Å². The van der Waals surface area contributed by atoms with Gasteiger partial charge < -0.3 is 15.1 Å². The minimum absolute atomic E-state index is 0.450. The maximum atomic E-state index is 3.63. The molecule has 1 saturated carbocycles. The zero-order valence-electron chi connectivity index (χ0n) is 15.0. The first-order valence-electron chi connectivity index (χ1n) is 8.96. The molecule has 0 amide bonds. The average molecular weight is 296 g/mol. The molecule has 0 bridgehead atoms. The van der Waals surface area contributed by atoms with Crippen molar-refractivity contribution in [1.82, 2.24) is 15.1 Å². The van der Waals surface area contributed by atoms with Gasteiger partial charge in [0.2, 0.25) is 0 Å². The Morgan fingerprint density at radius 3 is 2.43 bits per heavy atom. The lowest BCUT2D eigenvalue weighted by Gasteiger charge is -2.45. The second-order valence-corrected chi connectivity index (χ2v) is 8.38. The topological polar surface area (TPSA) is 18.5 Å². The largest absolute Gasteiger partial charge is 0.316 e. The lowest BCUT2D eigenvalue weighted by Crippen LogP contribution is -2.51. The zero-order chi connectivity index (χ0) is 15.5. The molecule has 0 radical (unpaired) electrons. The van der Waals surface area contributed by atoms with Crippen molar-refractivity contribution in [3.05, 3.63) is 0 Å². The molecule has 1 aliphatic carbocycles. The van der Waals surface area contributed by atoms with Gasteiger partial charge in [-0.3, -0.25) is 0 Å². The van der Waals surface area contributed by atoms with Crippen LogP contribution in [-0.2, 0) is 0 Å². The first-order chi connectivity index (χ1) is 9.92. The number of nitrogens with zero attached hydrogens (tertiary/aromatic N) is 2. The Hall–Kier alpha value is -0.120. The SMILES string of the molecule is CNC1C(CN(C)CC2CCN(C)CC2)CCCC1(C)C. The summed E-state index contributed by atoms with van der Waals surface area (Å²) in [6.07, 6.45) is 6.93. The van der Waals surface area contributed by atoms with Crippen molar-refractivity contribution in [2.45, 2.75) is 52.0 Å². The molecule has 21 heavy (non-hydrogen) atoms. The summed E-state index contributed by atoms with van der Waals surface area (Å²) in [4.78, 5) is 5.09. The summed E-state index contributed by atoms with van der Waals surface area (Å²) in [7, 11) is 6.75. The van der Waals surface area contributed by atoms with Gasteiger partial charge in [-0.15, -0.1) is 0 Å². The van der Waals surface area contributed by atoms with Gasteiger partial charge in [0, 0.05) is 19.1 Å². The van der Waals surface area contributed by atoms with E-state index in [1.165, 1.54) is 58.3 Å². The Morgan fingerprint density at radius 1 is 1.14 bits per heavy atom. The molecule has 0 aromatic carbocycles.